The van der Waals surface area contributed by atoms with Crippen LogP contribution in [-0.4, -0.2) is 42.2 Å². The van der Waals surface area contributed by atoms with Gasteiger partial charge in [-0.2, -0.15) is 0 Å². The standard InChI is InChI=1S/C15H18N2O6/c1-23-14(18)8-10-4-6-16(7-5-10)11-2-3-13(17(21)22)12(9-11)15(19)20/h2-3,9-10H,4-8H2,1H3,(H,19,20). The number of nitro groups is 1. The molecule has 1 N–H and O–H groups in total. The molecule has 0 atom stereocenters. The van der Waals surface area contributed by atoms with Crippen molar-refractivity contribution in [3.8, 4) is 0 Å². The maximum absolute atomic E-state index is 11.3. The predicted molar refractivity (Wildman–Crippen MR) is 81.6 cm³/mol. The number of hydrogen-bond donors (Lipinski definition) is 1. The highest BCUT2D eigenvalue weighted by Crippen LogP contribution is 2.29. The Labute approximate surface area is 132 Å². The minimum absolute atomic E-state index is 0.230. The van der Waals surface area contributed by atoms with Crippen LogP contribution in [0.2, 0.25) is 0 Å². The lowest BCUT2D eigenvalue weighted by molar-refractivity contribution is -0.385. The number of carboxylic acids is 1. The van der Waals surface area contributed by atoms with Crippen molar-refractivity contribution in [2.24, 2.45) is 5.92 Å². The average Bonchev–Trinajstić information content (AvgIpc) is 2.54. The Bertz CT molecular complexity index is 622. The average molecular weight is 322 g/mol. The van der Waals surface area contributed by atoms with E-state index >= 15 is 0 Å². The zero-order valence-electron chi connectivity index (χ0n) is 12.7. The van der Waals surface area contributed by atoms with Crippen molar-refractivity contribution in [1.29, 1.82) is 0 Å². The van der Waals surface area contributed by atoms with Gasteiger partial charge in [0.15, 0.2) is 0 Å². The maximum Gasteiger partial charge on any atom is 0.342 e. The summed E-state index contributed by atoms with van der Waals surface area (Å²) in [6.45, 7) is 1.33. The van der Waals surface area contributed by atoms with E-state index in [9.17, 15) is 19.7 Å². The smallest absolute Gasteiger partial charge is 0.342 e. The lowest BCUT2D eigenvalue weighted by Crippen LogP contribution is -2.34. The number of anilines is 1. The SMILES string of the molecule is COC(=O)CC1CCN(c2ccc([N+](=O)[O-])c(C(=O)O)c2)CC1. The number of ether oxygens (including phenoxy) is 1. The van der Waals surface area contributed by atoms with Gasteiger partial charge in [-0.05, 0) is 30.9 Å². The lowest BCUT2D eigenvalue weighted by Gasteiger charge is -2.33. The van der Waals surface area contributed by atoms with Crippen molar-refractivity contribution < 1.29 is 24.4 Å². The minimum atomic E-state index is -1.32. The van der Waals surface area contributed by atoms with Gasteiger partial charge in [-0.25, -0.2) is 4.79 Å². The molecule has 1 aliphatic rings. The Morgan fingerprint density at radius 3 is 2.57 bits per heavy atom. The molecule has 8 nitrogen and oxygen atoms in total. The van der Waals surface area contributed by atoms with E-state index in [0.717, 1.165) is 12.8 Å². The summed E-state index contributed by atoms with van der Waals surface area (Å²) in [5.74, 6) is -1.30. The molecule has 2 rings (SSSR count). The van der Waals surface area contributed by atoms with Gasteiger partial charge in [0.25, 0.3) is 5.69 Å². The van der Waals surface area contributed by atoms with Crippen molar-refractivity contribution in [2.75, 3.05) is 25.1 Å². The van der Waals surface area contributed by atoms with Gasteiger partial charge in [0.1, 0.15) is 5.56 Å². The molecule has 23 heavy (non-hydrogen) atoms. The van der Waals surface area contributed by atoms with Crippen LogP contribution in [0, 0.1) is 16.0 Å². The van der Waals surface area contributed by atoms with Crippen LogP contribution in [-0.2, 0) is 9.53 Å². The number of rotatable bonds is 5. The highest BCUT2D eigenvalue weighted by atomic mass is 16.6. The van der Waals surface area contributed by atoms with E-state index in [-0.39, 0.29) is 17.5 Å². The highest BCUT2D eigenvalue weighted by molar-refractivity contribution is 5.93. The van der Waals surface area contributed by atoms with Gasteiger partial charge in [0, 0.05) is 31.3 Å². The minimum Gasteiger partial charge on any atom is -0.477 e. The molecule has 0 amide bonds. The van der Waals surface area contributed by atoms with Crippen LogP contribution in [0.3, 0.4) is 0 Å². The molecule has 1 fully saturated rings. The van der Waals surface area contributed by atoms with Crippen LogP contribution in [0.15, 0.2) is 18.2 Å². The third-order valence-electron chi connectivity index (χ3n) is 4.07. The van der Waals surface area contributed by atoms with Crippen LogP contribution in [0.1, 0.15) is 29.6 Å². The van der Waals surface area contributed by atoms with Crippen molar-refractivity contribution >= 4 is 23.3 Å². The molecule has 8 heteroatoms. The summed E-state index contributed by atoms with van der Waals surface area (Å²) in [4.78, 5) is 34.6. The number of carbonyl (C=O) groups is 2. The lowest BCUT2D eigenvalue weighted by atomic mass is 9.93. The Morgan fingerprint density at radius 2 is 2.04 bits per heavy atom. The van der Waals surface area contributed by atoms with Crippen molar-refractivity contribution in [3.63, 3.8) is 0 Å². The molecule has 124 valence electrons. The van der Waals surface area contributed by atoms with Gasteiger partial charge in [0.05, 0.1) is 12.0 Å². The molecule has 1 aromatic rings. The Kier molecular flexibility index (Phi) is 5.15. The fourth-order valence-electron chi connectivity index (χ4n) is 2.77. The molecule has 0 aromatic heterocycles. The number of nitro benzene ring substituents is 1. The van der Waals surface area contributed by atoms with E-state index < -0.39 is 16.6 Å². The van der Waals surface area contributed by atoms with Crippen LogP contribution in [0.25, 0.3) is 0 Å². The number of benzene rings is 1. The normalized spacial score (nSPS) is 15.3. The fraction of sp³-hybridized carbons (Fsp3) is 0.467. The molecule has 0 saturated carbocycles. The van der Waals surface area contributed by atoms with E-state index in [1.54, 1.807) is 6.07 Å². The summed E-state index contributed by atoms with van der Waals surface area (Å²) in [5, 5.41) is 20.0. The monoisotopic (exact) mass is 322 g/mol. The number of nitrogens with zero attached hydrogens (tertiary/aromatic N) is 2. The van der Waals surface area contributed by atoms with Crippen molar-refractivity contribution in [1.82, 2.24) is 0 Å². The molecule has 1 saturated heterocycles. The number of aromatic carboxylic acids is 1. The van der Waals surface area contributed by atoms with E-state index in [2.05, 4.69) is 4.74 Å². The van der Waals surface area contributed by atoms with Crippen LogP contribution in [0.4, 0.5) is 11.4 Å². The summed E-state index contributed by atoms with van der Waals surface area (Å²) < 4.78 is 4.66. The van der Waals surface area contributed by atoms with Crippen molar-refractivity contribution in [3.05, 3.63) is 33.9 Å². The summed E-state index contributed by atoms with van der Waals surface area (Å²) in [7, 11) is 1.36. The van der Waals surface area contributed by atoms with Gasteiger partial charge in [-0.15, -0.1) is 0 Å². The van der Waals surface area contributed by atoms with Crippen LogP contribution < -0.4 is 4.90 Å². The molecule has 0 unspecified atom stereocenters. The van der Waals surface area contributed by atoms with Crippen LogP contribution >= 0.6 is 0 Å². The number of carboxylic acid groups (broad SMARTS) is 1. The summed E-state index contributed by atoms with van der Waals surface area (Å²) in [5.41, 5.74) is -0.0875. The summed E-state index contributed by atoms with van der Waals surface area (Å²) >= 11 is 0. The molecule has 0 bridgehead atoms. The molecule has 1 aromatic carbocycles. The quantitative estimate of drug-likeness (QED) is 0.502. The van der Waals surface area contributed by atoms with E-state index in [1.807, 2.05) is 4.90 Å². The van der Waals surface area contributed by atoms with E-state index in [4.69, 9.17) is 5.11 Å². The number of methoxy groups -OCH3 is 1. The molecular weight excluding hydrogens is 304 g/mol. The first-order chi connectivity index (χ1) is 10.9. The van der Waals surface area contributed by atoms with Gasteiger partial charge < -0.3 is 14.7 Å². The topological polar surface area (TPSA) is 110 Å². The zero-order valence-corrected chi connectivity index (χ0v) is 12.7. The van der Waals surface area contributed by atoms with E-state index in [0.29, 0.717) is 25.2 Å². The first-order valence-electron chi connectivity index (χ1n) is 7.26. The number of hydrogen-bond acceptors (Lipinski definition) is 6. The van der Waals surface area contributed by atoms with Crippen molar-refractivity contribution in [2.45, 2.75) is 19.3 Å². The molecule has 1 aliphatic heterocycles. The van der Waals surface area contributed by atoms with Gasteiger partial charge in [-0.1, -0.05) is 0 Å². The highest BCUT2D eigenvalue weighted by Gasteiger charge is 2.25. The second kappa shape index (κ2) is 7.08. The van der Waals surface area contributed by atoms with E-state index in [1.165, 1.54) is 19.2 Å². The largest absolute Gasteiger partial charge is 0.477 e. The molecule has 1 heterocycles. The second-order valence-electron chi connectivity index (χ2n) is 5.47. The first kappa shape index (κ1) is 16.7. The van der Waals surface area contributed by atoms with Crippen LogP contribution in [0.5, 0.6) is 0 Å². The Morgan fingerprint density at radius 1 is 1.39 bits per heavy atom. The zero-order chi connectivity index (χ0) is 17.0. The third-order valence-corrected chi connectivity index (χ3v) is 4.07. The summed E-state index contributed by atoms with van der Waals surface area (Å²) in [6, 6.07) is 4.12. The summed E-state index contributed by atoms with van der Waals surface area (Å²) in [6.07, 6.45) is 1.95. The van der Waals surface area contributed by atoms with Gasteiger partial charge >= 0.3 is 11.9 Å². The molecule has 0 radical (unpaired) electrons. The predicted octanol–water partition coefficient (Wildman–Crippen LogP) is 2.07. The number of piperidine rings is 1. The fourth-order valence-corrected chi connectivity index (χ4v) is 2.77. The first-order valence-corrected chi connectivity index (χ1v) is 7.26. The maximum atomic E-state index is 11.3. The molecule has 0 spiro atoms. The number of esters is 1. The Balaban J connectivity index is 2.09. The number of carbonyl (C=O) groups excluding carboxylic acids is 1. The Hall–Kier alpha value is -2.64. The third kappa shape index (κ3) is 3.97. The molecular formula is C15H18N2O6. The second-order valence-corrected chi connectivity index (χ2v) is 5.47. The van der Waals surface area contributed by atoms with Gasteiger partial charge in [0.2, 0.25) is 0 Å². The van der Waals surface area contributed by atoms with Gasteiger partial charge in [-0.3, -0.25) is 14.9 Å². The molecule has 0 aliphatic carbocycles.